The van der Waals surface area contributed by atoms with Crippen molar-refractivity contribution in [2.75, 3.05) is 12.4 Å². The van der Waals surface area contributed by atoms with Crippen molar-refractivity contribution in [3.63, 3.8) is 0 Å². The van der Waals surface area contributed by atoms with Gasteiger partial charge in [-0.1, -0.05) is 0 Å². The predicted octanol–water partition coefficient (Wildman–Crippen LogP) is 4.10. The van der Waals surface area contributed by atoms with Gasteiger partial charge in [0.15, 0.2) is 5.69 Å². The molecule has 0 bridgehead atoms. The number of aromatic amines is 1. The highest BCUT2D eigenvalue weighted by Crippen LogP contribution is 2.34. The van der Waals surface area contributed by atoms with Gasteiger partial charge in [-0.25, -0.2) is 14.1 Å². The fourth-order valence-corrected chi connectivity index (χ4v) is 2.87. The fourth-order valence-electron chi connectivity index (χ4n) is 2.87. The highest BCUT2D eigenvalue weighted by molar-refractivity contribution is 6.13. The third-order valence-corrected chi connectivity index (χ3v) is 3.94. The average molecular weight is 349 g/mol. The second kappa shape index (κ2) is 5.20. The van der Waals surface area contributed by atoms with Gasteiger partial charge in [-0.15, -0.1) is 0 Å². The molecule has 1 aromatic carbocycles. The van der Waals surface area contributed by atoms with Gasteiger partial charge in [0, 0.05) is 24.8 Å². The molecule has 9 heteroatoms. The normalized spacial score (nSPS) is 12.2. The molecule has 128 valence electrons. The fraction of sp³-hybridized carbons (Fsp3) is 0.125. The van der Waals surface area contributed by atoms with Crippen LogP contribution < -0.4 is 5.32 Å². The van der Waals surface area contributed by atoms with E-state index in [2.05, 4.69) is 20.4 Å². The molecule has 4 rings (SSSR count). The Hall–Kier alpha value is -3.10. The summed E-state index contributed by atoms with van der Waals surface area (Å²) >= 11 is 0. The topological polar surface area (TPSA) is 58.5 Å². The number of anilines is 1. The highest BCUT2D eigenvalue weighted by Gasteiger charge is 2.33. The number of hydrogen-bond donors (Lipinski definition) is 2. The molecule has 0 unspecified atom stereocenters. The Morgan fingerprint density at radius 2 is 2.00 bits per heavy atom. The lowest BCUT2D eigenvalue weighted by Crippen LogP contribution is -2.07. The molecule has 3 aromatic heterocycles. The van der Waals surface area contributed by atoms with Crippen molar-refractivity contribution in [3.05, 3.63) is 48.2 Å². The summed E-state index contributed by atoms with van der Waals surface area (Å²) in [5.74, 6) is -0.469. The molecule has 0 radical (unpaired) electrons. The second-order valence-corrected chi connectivity index (χ2v) is 5.45. The van der Waals surface area contributed by atoms with Gasteiger partial charge in [0.1, 0.15) is 11.5 Å². The summed E-state index contributed by atoms with van der Waals surface area (Å²) in [6, 6.07) is 5.06. The monoisotopic (exact) mass is 349 g/mol. The zero-order valence-corrected chi connectivity index (χ0v) is 12.8. The Bertz CT molecular complexity index is 1090. The Balaban J connectivity index is 2.03. The highest BCUT2D eigenvalue weighted by atomic mass is 19.4. The van der Waals surface area contributed by atoms with Crippen LogP contribution in [0.25, 0.3) is 27.6 Å². The molecule has 3 heterocycles. The van der Waals surface area contributed by atoms with Gasteiger partial charge in [-0.3, -0.25) is 0 Å². The second-order valence-electron chi connectivity index (χ2n) is 5.45. The largest absolute Gasteiger partial charge is 0.435 e. The lowest BCUT2D eigenvalue weighted by atomic mass is 10.1. The van der Waals surface area contributed by atoms with Crippen molar-refractivity contribution >= 4 is 27.6 Å². The minimum atomic E-state index is -4.54. The SMILES string of the molecule is CNc1cc(F)cc2c1[nH]c1nccc(-n3ccc(C(F)(F)F)n3)c12. The van der Waals surface area contributed by atoms with Crippen molar-refractivity contribution < 1.29 is 17.6 Å². The van der Waals surface area contributed by atoms with E-state index in [9.17, 15) is 17.6 Å². The lowest BCUT2D eigenvalue weighted by Gasteiger charge is -2.05. The van der Waals surface area contributed by atoms with Crippen molar-refractivity contribution in [1.82, 2.24) is 19.7 Å². The van der Waals surface area contributed by atoms with Crippen LogP contribution >= 0.6 is 0 Å². The van der Waals surface area contributed by atoms with Crippen molar-refractivity contribution in [3.8, 4) is 5.69 Å². The van der Waals surface area contributed by atoms with E-state index in [-0.39, 0.29) is 0 Å². The molecular weight excluding hydrogens is 338 g/mol. The number of rotatable bonds is 2. The first-order valence-corrected chi connectivity index (χ1v) is 7.29. The Morgan fingerprint density at radius 3 is 2.68 bits per heavy atom. The number of pyridine rings is 1. The average Bonchev–Trinajstić information content (AvgIpc) is 3.18. The number of halogens is 4. The number of nitrogens with one attached hydrogen (secondary N) is 2. The standard InChI is InChI=1S/C16H11F4N5/c1-21-10-7-8(17)6-9-13-11(2-4-22-15(13)23-14(9)10)25-5-3-12(24-25)16(18,19)20/h2-7,21H,1H3,(H,22,23). The quantitative estimate of drug-likeness (QED) is 0.536. The first-order chi connectivity index (χ1) is 11.9. The summed E-state index contributed by atoms with van der Waals surface area (Å²) in [6.45, 7) is 0. The van der Waals surface area contributed by atoms with Crippen molar-refractivity contribution in [2.45, 2.75) is 6.18 Å². The van der Waals surface area contributed by atoms with E-state index < -0.39 is 17.7 Å². The van der Waals surface area contributed by atoms with E-state index in [4.69, 9.17) is 0 Å². The van der Waals surface area contributed by atoms with E-state index in [1.807, 2.05) is 0 Å². The van der Waals surface area contributed by atoms with Crippen LogP contribution in [0.4, 0.5) is 23.2 Å². The van der Waals surface area contributed by atoms with Gasteiger partial charge in [-0.05, 0) is 24.3 Å². The van der Waals surface area contributed by atoms with E-state index in [1.54, 1.807) is 7.05 Å². The molecule has 0 aliphatic heterocycles. The summed E-state index contributed by atoms with van der Waals surface area (Å²) < 4.78 is 53.5. The van der Waals surface area contributed by atoms with Crippen LogP contribution in [-0.2, 0) is 6.18 Å². The molecule has 0 aliphatic rings. The van der Waals surface area contributed by atoms with Crippen LogP contribution in [0.1, 0.15) is 5.69 Å². The first-order valence-electron chi connectivity index (χ1n) is 7.29. The molecule has 0 amide bonds. The van der Waals surface area contributed by atoms with Crippen LogP contribution in [0, 0.1) is 5.82 Å². The maximum atomic E-state index is 13.9. The van der Waals surface area contributed by atoms with E-state index in [0.717, 1.165) is 10.7 Å². The summed E-state index contributed by atoms with van der Waals surface area (Å²) in [5.41, 5.74) is 0.940. The Morgan fingerprint density at radius 1 is 1.20 bits per heavy atom. The third kappa shape index (κ3) is 2.39. The van der Waals surface area contributed by atoms with Gasteiger partial charge < -0.3 is 10.3 Å². The molecule has 5 nitrogen and oxygen atoms in total. The zero-order valence-electron chi connectivity index (χ0n) is 12.8. The number of aromatic nitrogens is 4. The summed E-state index contributed by atoms with van der Waals surface area (Å²) in [7, 11) is 1.65. The van der Waals surface area contributed by atoms with Crippen LogP contribution in [0.3, 0.4) is 0 Å². The lowest BCUT2D eigenvalue weighted by molar-refractivity contribution is -0.141. The smallest absolute Gasteiger partial charge is 0.386 e. The van der Waals surface area contributed by atoms with Gasteiger partial charge in [-0.2, -0.15) is 18.3 Å². The maximum Gasteiger partial charge on any atom is 0.435 e. The number of nitrogens with zero attached hydrogens (tertiary/aromatic N) is 3. The molecule has 25 heavy (non-hydrogen) atoms. The number of hydrogen-bond acceptors (Lipinski definition) is 3. The van der Waals surface area contributed by atoms with Crippen LogP contribution in [0.5, 0.6) is 0 Å². The predicted molar refractivity (Wildman–Crippen MR) is 85.2 cm³/mol. The van der Waals surface area contributed by atoms with Crippen molar-refractivity contribution in [2.24, 2.45) is 0 Å². The van der Waals surface area contributed by atoms with Gasteiger partial charge in [0.2, 0.25) is 0 Å². The number of alkyl halides is 3. The van der Waals surface area contributed by atoms with Gasteiger partial charge >= 0.3 is 6.18 Å². The molecule has 0 saturated heterocycles. The first kappa shape index (κ1) is 15.4. The molecule has 4 aromatic rings. The van der Waals surface area contributed by atoms with E-state index in [1.165, 1.54) is 30.6 Å². The third-order valence-electron chi connectivity index (χ3n) is 3.94. The van der Waals surface area contributed by atoms with Gasteiger partial charge in [0.25, 0.3) is 0 Å². The zero-order chi connectivity index (χ0) is 17.8. The minimum Gasteiger partial charge on any atom is -0.386 e. The molecule has 2 N–H and O–H groups in total. The maximum absolute atomic E-state index is 13.9. The van der Waals surface area contributed by atoms with Crippen molar-refractivity contribution in [1.29, 1.82) is 0 Å². The van der Waals surface area contributed by atoms with Crippen LogP contribution in [-0.4, -0.2) is 26.8 Å². The summed E-state index contributed by atoms with van der Waals surface area (Å²) in [5, 5.41) is 7.48. The minimum absolute atomic E-state index is 0.374. The number of benzene rings is 1. The molecule has 0 aliphatic carbocycles. The van der Waals surface area contributed by atoms with Gasteiger partial charge in [0.05, 0.1) is 22.3 Å². The molecule has 0 spiro atoms. The van der Waals surface area contributed by atoms with Crippen LogP contribution in [0.2, 0.25) is 0 Å². The molecule has 0 atom stereocenters. The van der Waals surface area contributed by atoms with E-state index >= 15 is 0 Å². The van der Waals surface area contributed by atoms with Crippen LogP contribution in [0.15, 0.2) is 36.7 Å². The summed E-state index contributed by atoms with van der Waals surface area (Å²) in [4.78, 5) is 7.26. The Kier molecular flexibility index (Phi) is 3.21. The number of H-pyrrole nitrogens is 1. The number of fused-ring (bicyclic) bond motifs is 3. The van der Waals surface area contributed by atoms with E-state index in [0.29, 0.717) is 33.3 Å². The molecule has 0 saturated carbocycles. The Labute approximate surface area is 138 Å². The summed E-state index contributed by atoms with van der Waals surface area (Å²) in [6.07, 6.45) is -1.87. The molecule has 0 fully saturated rings. The molecular formula is C16H11F4N5.